The molecule has 0 amide bonds. The summed E-state index contributed by atoms with van der Waals surface area (Å²) in [7, 11) is 0. The summed E-state index contributed by atoms with van der Waals surface area (Å²) in [4.78, 5) is 0. The fraction of sp³-hybridized carbons (Fsp3) is 0.333. The van der Waals surface area contributed by atoms with Gasteiger partial charge in [-0.25, -0.2) is 0 Å². The Hall–Kier alpha value is -1.31. The van der Waals surface area contributed by atoms with Crippen LogP contribution in [0.15, 0.2) is 48.5 Å². The summed E-state index contributed by atoms with van der Waals surface area (Å²) >= 11 is 5.96. The minimum atomic E-state index is 0.330. The first-order valence-electron chi connectivity index (χ1n) is 7.19. The van der Waals surface area contributed by atoms with Crippen molar-refractivity contribution in [2.45, 2.75) is 39.3 Å². The lowest BCUT2D eigenvalue weighted by molar-refractivity contribution is 0.455. The van der Waals surface area contributed by atoms with Crippen LogP contribution in [-0.2, 0) is 0 Å². The first-order valence-corrected chi connectivity index (χ1v) is 7.56. The van der Waals surface area contributed by atoms with E-state index in [0.717, 1.165) is 11.4 Å². The molecule has 20 heavy (non-hydrogen) atoms. The summed E-state index contributed by atoms with van der Waals surface area (Å²) in [6.45, 7) is 6.59. The summed E-state index contributed by atoms with van der Waals surface area (Å²) in [5.74, 6) is 0. The molecule has 2 heteroatoms. The van der Waals surface area contributed by atoms with E-state index in [1.54, 1.807) is 0 Å². The second-order valence-corrected chi connectivity index (χ2v) is 5.69. The first-order chi connectivity index (χ1) is 9.61. The van der Waals surface area contributed by atoms with Crippen molar-refractivity contribution in [3.05, 3.63) is 70.2 Å². The molecule has 2 aromatic rings. The largest absolute Gasteiger partial charge is 0.303 e. The third-order valence-electron chi connectivity index (χ3n) is 3.79. The van der Waals surface area contributed by atoms with Crippen molar-refractivity contribution in [1.29, 1.82) is 0 Å². The van der Waals surface area contributed by atoms with Gasteiger partial charge in [-0.15, -0.1) is 0 Å². The van der Waals surface area contributed by atoms with E-state index in [-0.39, 0.29) is 0 Å². The number of nitrogens with one attached hydrogen (secondary N) is 1. The summed E-state index contributed by atoms with van der Waals surface area (Å²) in [6, 6.07) is 17.4. The predicted octanol–water partition coefficient (Wildman–Crippen LogP) is 5.45. The van der Waals surface area contributed by atoms with Gasteiger partial charge in [-0.2, -0.15) is 0 Å². The highest BCUT2D eigenvalue weighted by Gasteiger charge is 2.14. The van der Waals surface area contributed by atoms with E-state index in [1.807, 2.05) is 12.1 Å². The van der Waals surface area contributed by atoms with Gasteiger partial charge in [0.25, 0.3) is 0 Å². The molecule has 0 fully saturated rings. The Bertz CT molecular complexity index is 548. The molecule has 0 aromatic heterocycles. The molecule has 1 nitrogen and oxygen atoms in total. The summed E-state index contributed by atoms with van der Waals surface area (Å²) < 4.78 is 0. The number of halogens is 1. The van der Waals surface area contributed by atoms with Gasteiger partial charge in [-0.05, 0) is 49.1 Å². The van der Waals surface area contributed by atoms with Crippen molar-refractivity contribution < 1.29 is 0 Å². The Morgan fingerprint density at radius 2 is 1.70 bits per heavy atom. The molecule has 0 saturated heterocycles. The van der Waals surface area contributed by atoms with Crippen molar-refractivity contribution >= 4 is 11.6 Å². The molecule has 2 atom stereocenters. The third kappa shape index (κ3) is 3.62. The van der Waals surface area contributed by atoms with Crippen molar-refractivity contribution in [3.63, 3.8) is 0 Å². The molecule has 0 bridgehead atoms. The fourth-order valence-electron chi connectivity index (χ4n) is 2.61. The Kier molecular flexibility index (Phi) is 5.22. The Labute approximate surface area is 127 Å². The Morgan fingerprint density at radius 1 is 1.05 bits per heavy atom. The number of hydrogen-bond acceptors (Lipinski definition) is 1. The molecule has 0 saturated carbocycles. The molecule has 106 valence electrons. The van der Waals surface area contributed by atoms with Crippen LogP contribution >= 0.6 is 11.6 Å². The van der Waals surface area contributed by atoms with Crippen LogP contribution in [0, 0.1) is 6.92 Å². The van der Waals surface area contributed by atoms with Gasteiger partial charge in [0, 0.05) is 17.1 Å². The third-order valence-corrected chi connectivity index (χ3v) is 4.04. The molecular weight excluding hydrogens is 266 g/mol. The molecule has 0 aliphatic carbocycles. The maximum Gasteiger partial charge on any atom is 0.0406 e. The molecule has 0 aliphatic rings. The highest BCUT2D eigenvalue weighted by molar-refractivity contribution is 6.30. The monoisotopic (exact) mass is 287 g/mol. The van der Waals surface area contributed by atoms with Gasteiger partial charge in [0.15, 0.2) is 0 Å². The number of hydrogen-bond donors (Lipinski definition) is 1. The van der Waals surface area contributed by atoms with Crippen molar-refractivity contribution in [1.82, 2.24) is 5.32 Å². The zero-order valence-corrected chi connectivity index (χ0v) is 13.1. The zero-order chi connectivity index (χ0) is 14.5. The number of benzene rings is 2. The highest BCUT2D eigenvalue weighted by Crippen LogP contribution is 2.24. The van der Waals surface area contributed by atoms with E-state index < -0.39 is 0 Å². The molecular formula is C18H22ClN. The van der Waals surface area contributed by atoms with Crippen molar-refractivity contribution in [3.8, 4) is 0 Å². The lowest BCUT2D eigenvalue weighted by atomic mass is 9.99. The standard InChI is InChI=1S/C18H22ClN/c1-4-18(15-9-11-16(19)12-10-15)20-14(3)17-8-6-5-7-13(17)2/h5-12,14,18,20H,4H2,1-3H3/t14-,18?/m1/s1. The summed E-state index contributed by atoms with van der Waals surface area (Å²) in [5, 5.41) is 4.50. The molecule has 2 aromatic carbocycles. The maximum atomic E-state index is 5.96. The van der Waals surface area contributed by atoms with Crippen LogP contribution in [0.1, 0.15) is 49.0 Å². The first kappa shape index (κ1) is 15.1. The smallest absolute Gasteiger partial charge is 0.0406 e. The predicted molar refractivity (Wildman–Crippen MR) is 87.2 cm³/mol. The van der Waals surface area contributed by atoms with Gasteiger partial charge in [-0.1, -0.05) is 54.9 Å². The van der Waals surface area contributed by atoms with E-state index in [0.29, 0.717) is 12.1 Å². The highest BCUT2D eigenvalue weighted by atomic mass is 35.5. The normalized spacial score (nSPS) is 14.0. The van der Waals surface area contributed by atoms with Crippen LogP contribution < -0.4 is 5.32 Å². The molecule has 1 N–H and O–H groups in total. The molecule has 0 heterocycles. The molecule has 0 radical (unpaired) electrons. The van der Waals surface area contributed by atoms with Gasteiger partial charge < -0.3 is 5.32 Å². The van der Waals surface area contributed by atoms with Crippen LogP contribution in [0.4, 0.5) is 0 Å². The van der Waals surface area contributed by atoms with Crippen LogP contribution in [0.3, 0.4) is 0 Å². The minimum Gasteiger partial charge on any atom is -0.303 e. The average Bonchev–Trinajstić information content (AvgIpc) is 2.46. The van der Waals surface area contributed by atoms with Crippen molar-refractivity contribution in [2.24, 2.45) is 0 Å². The van der Waals surface area contributed by atoms with E-state index in [2.05, 4.69) is 62.5 Å². The molecule has 0 aliphatic heterocycles. The maximum absolute atomic E-state index is 5.96. The Morgan fingerprint density at radius 3 is 2.30 bits per heavy atom. The van der Waals surface area contributed by atoms with Crippen LogP contribution in [0.5, 0.6) is 0 Å². The second kappa shape index (κ2) is 6.92. The van der Waals surface area contributed by atoms with E-state index in [9.17, 15) is 0 Å². The lowest BCUT2D eigenvalue weighted by Crippen LogP contribution is -2.24. The van der Waals surface area contributed by atoms with E-state index in [4.69, 9.17) is 11.6 Å². The quantitative estimate of drug-likeness (QED) is 0.771. The van der Waals surface area contributed by atoms with Crippen LogP contribution in [0.25, 0.3) is 0 Å². The second-order valence-electron chi connectivity index (χ2n) is 5.26. The topological polar surface area (TPSA) is 12.0 Å². The fourth-order valence-corrected chi connectivity index (χ4v) is 2.74. The van der Waals surface area contributed by atoms with Gasteiger partial charge in [-0.3, -0.25) is 0 Å². The summed E-state index contributed by atoms with van der Waals surface area (Å²) in [6.07, 6.45) is 1.05. The SMILES string of the molecule is CCC(N[C@H](C)c1ccccc1C)c1ccc(Cl)cc1. The Balaban J connectivity index is 2.14. The van der Waals surface area contributed by atoms with Crippen molar-refractivity contribution in [2.75, 3.05) is 0 Å². The van der Waals surface area contributed by atoms with Gasteiger partial charge in [0.2, 0.25) is 0 Å². The lowest BCUT2D eigenvalue weighted by Gasteiger charge is -2.24. The minimum absolute atomic E-state index is 0.330. The van der Waals surface area contributed by atoms with E-state index >= 15 is 0 Å². The number of rotatable bonds is 5. The van der Waals surface area contributed by atoms with Crippen LogP contribution in [0.2, 0.25) is 5.02 Å². The molecule has 1 unspecified atom stereocenters. The van der Waals surface area contributed by atoms with E-state index in [1.165, 1.54) is 16.7 Å². The molecule has 2 rings (SSSR count). The van der Waals surface area contributed by atoms with Gasteiger partial charge in [0.05, 0.1) is 0 Å². The summed E-state index contributed by atoms with van der Waals surface area (Å²) in [5.41, 5.74) is 3.98. The number of aryl methyl sites for hydroxylation is 1. The van der Waals surface area contributed by atoms with Gasteiger partial charge in [0.1, 0.15) is 0 Å². The molecule has 0 spiro atoms. The van der Waals surface area contributed by atoms with Gasteiger partial charge >= 0.3 is 0 Å². The average molecular weight is 288 g/mol. The zero-order valence-electron chi connectivity index (χ0n) is 12.4. The van der Waals surface area contributed by atoms with Crippen LogP contribution in [-0.4, -0.2) is 0 Å².